The van der Waals surface area contributed by atoms with E-state index in [2.05, 4.69) is 20.9 Å². The first-order valence-electron chi connectivity index (χ1n) is 7.72. The minimum atomic E-state index is 0.326. The number of methoxy groups -OCH3 is 2. The molecule has 0 aliphatic carbocycles. The number of nitrogens with zero attached hydrogens (tertiary/aromatic N) is 3. The Labute approximate surface area is 136 Å². The van der Waals surface area contributed by atoms with Crippen molar-refractivity contribution in [3.8, 4) is 23.3 Å². The van der Waals surface area contributed by atoms with Gasteiger partial charge in [-0.25, -0.2) is 9.97 Å². The van der Waals surface area contributed by atoms with E-state index in [-0.39, 0.29) is 0 Å². The van der Waals surface area contributed by atoms with Crippen molar-refractivity contribution in [2.75, 3.05) is 27.3 Å². The van der Waals surface area contributed by atoms with Crippen molar-refractivity contribution < 1.29 is 14.2 Å². The largest absolute Gasteiger partial charge is 0.493 e. The molecule has 1 aliphatic rings. The molecule has 0 spiro atoms. The summed E-state index contributed by atoms with van der Waals surface area (Å²) in [7, 11) is 3.16. The van der Waals surface area contributed by atoms with Crippen LogP contribution in [0.2, 0.25) is 0 Å². The van der Waals surface area contributed by atoms with Crippen molar-refractivity contribution in [1.82, 2.24) is 14.9 Å². The van der Waals surface area contributed by atoms with Crippen LogP contribution in [0.1, 0.15) is 18.4 Å². The third kappa shape index (κ3) is 3.71. The van der Waals surface area contributed by atoms with Gasteiger partial charge in [-0.15, -0.1) is 0 Å². The minimum absolute atomic E-state index is 0.326. The topological polar surface area (TPSA) is 56.7 Å². The Bertz CT molecular complexity index is 657. The van der Waals surface area contributed by atoms with Crippen LogP contribution in [0.15, 0.2) is 30.6 Å². The highest BCUT2D eigenvalue weighted by Gasteiger charge is 2.15. The summed E-state index contributed by atoms with van der Waals surface area (Å²) in [5, 5.41) is 0. The van der Waals surface area contributed by atoms with Crippen molar-refractivity contribution in [2.24, 2.45) is 0 Å². The molecule has 1 saturated heterocycles. The molecule has 2 heterocycles. The lowest BCUT2D eigenvalue weighted by Gasteiger charge is -2.16. The first-order chi connectivity index (χ1) is 11.3. The molecule has 1 aliphatic heterocycles. The second-order valence-electron chi connectivity index (χ2n) is 5.44. The van der Waals surface area contributed by atoms with Gasteiger partial charge in [-0.1, -0.05) is 6.07 Å². The molecule has 1 fully saturated rings. The van der Waals surface area contributed by atoms with Gasteiger partial charge in [-0.2, -0.15) is 0 Å². The molecule has 6 heteroatoms. The Balaban J connectivity index is 1.83. The Morgan fingerprint density at radius 3 is 2.39 bits per heavy atom. The Morgan fingerprint density at radius 1 is 0.957 bits per heavy atom. The predicted molar refractivity (Wildman–Crippen MR) is 86.2 cm³/mol. The first-order valence-corrected chi connectivity index (χ1v) is 7.72. The molecule has 1 aromatic carbocycles. The smallest absolute Gasteiger partial charge is 0.283 e. The predicted octanol–water partition coefficient (Wildman–Crippen LogP) is 2.88. The van der Waals surface area contributed by atoms with Crippen LogP contribution in [-0.2, 0) is 6.54 Å². The number of aromatic nitrogens is 2. The normalized spacial score (nSPS) is 14.7. The van der Waals surface area contributed by atoms with Crippen LogP contribution >= 0.6 is 0 Å². The molecular weight excluding hydrogens is 294 g/mol. The van der Waals surface area contributed by atoms with Gasteiger partial charge in [0.2, 0.25) is 0 Å². The van der Waals surface area contributed by atoms with E-state index < -0.39 is 0 Å². The van der Waals surface area contributed by atoms with Crippen LogP contribution in [0.25, 0.3) is 0 Å². The van der Waals surface area contributed by atoms with E-state index in [1.165, 1.54) is 25.5 Å². The van der Waals surface area contributed by atoms with Crippen LogP contribution in [0, 0.1) is 0 Å². The van der Waals surface area contributed by atoms with E-state index in [4.69, 9.17) is 14.2 Å². The summed E-state index contributed by atoms with van der Waals surface area (Å²) in [5.74, 6) is 1.94. The molecule has 0 atom stereocenters. The zero-order valence-electron chi connectivity index (χ0n) is 13.5. The Morgan fingerprint density at radius 2 is 1.70 bits per heavy atom. The molecule has 0 amide bonds. The van der Waals surface area contributed by atoms with E-state index in [0.717, 1.165) is 19.6 Å². The van der Waals surface area contributed by atoms with Gasteiger partial charge in [0.25, 0.3) is 11.8 Å². The van der Waals surface area contributed by atoms with Gasteiger partial charge < -0.3 is 14.2 Å². The molecule has 0 unspecified atom stereocenters. The van der Waals surface area contributed by atoms with Crippen LogP contribution in [-0.4, -0.2) is 42.2 Å². The second kappa shape index (κ2) is 7.28. The maximum atomic E-state index is 5.89. The summed E-state index contributed by atoms with van der Waals surface area (Å²) in [5.41, 5.74) is 1.19. The summed E-state index contributed by atoms with van der Waals surface area (Å²) in [4.78, 5) is 10.7. The summed E-state index contributed by atoms with van der Waals surface area (Å²) < 4.78 is 16.5. The zero-order chi connectivity index (χ0) is 16.1. The highest BCUT2D eigenvalue weighted by Crippen LogP contribution is 2.34. The molecule has 0 N–H and O–H groups in total. The maximum absolute atomic E-state index is 5.89. The van der Waals surface area contributed by atoms with Gasteiger partial charge in [-0.3, -0.25) is 4.90 Å². The van der Waals surface area contributed by atoms with Crippen molar-refractivity contribution in [1.29, 1.82) is 0 Å². The summed E-state index contributed by atoms with van der Waals surface area (Å²) in [6, 6.07) is 5.98. The van der Waals surface area contributed by atoms with Crippen LogP contribution in [0.4, 0.5) is 0 Å². The number of hydrogen-bond donors (Lipinski definition) is 0. The van der Waals surface area contributed by atoms with Gasteiger partial charge in [0.05, 0.1) is 14.2 Å². The van der Waals surface area contributed by atoms with Gasteiger partial charge in [0.1, 0.15) is 0 Å². The van der Waals surface area contributed by atoms with Crippen molar-refractivity contribution in [3.05, 3.63) is 36.2 Å². The molecule has 23 heavy (non-hydrogen) atoms. The van der Waals surface area contributed by atoms with E-state index in [9.17, 15) is 0 Å². The molecule has 122 valence electrons. The van der Waals surface area contributed by atoms with Gasteiger partial charge in [-0.05, 0) is 43.6 Å². The van der Waals surface area contributed by atoms with E-state index in [1.807, 2.05) is 12.1 Å². The highest BCUT2D eigenvalue weighted by atomic mass is 16.5. The number of benzene rings is 1. The van der Waals surface area contributed by atoms with E-state index in [0.29, 0.717) is 23.3 Å². The van der Waals surface area contributed by atoms with Gasteiger partial charge in [0, 0.05) is 18.9 Å². The lowest BCUT2D eigenvalue weighted by molar-refractivity contribution is 0.326. The van der Waals surface area contributed by atoms with Crippen LogP contribution in [0.3, 0.4) is 0 Å². The third-order valence-electron chi connectivity index (χ3n) is 3.87. The third-order valence-corrected chi connectivity index (χ3v) is 3.87. The van der Waals surface area contributed by atoms with E-state index >= 15 is 0 Å². The summed E-state index contributed by atoms with van der Waals surface area (Å²) in [6.07, 6.45) is 5.68. The lowest BCUT2D eigenvalue weighted by atomic mass is 10.2. The van der Waals surface area contributed by atoms with Crippen molar-refractivity contribution >= 4 is 0 Å². The fourth-order valence-electron chi connectivity index (χ4n) is 2.72. The SMILES string of the molecule is COc1ccc(CN2CCCC2)cc1Oc1nccnc1OC. The number of rotatable bonds is 6. The molecule has 0 saturated carbocycles. The Kier molecular flexibility index (Phi) is 4.92. The molecular formula is C17H21N3O3. The zero-order valence-corrected chi connectivity index (χ0v) is 13.5. The lowest BCUT2D eigenvalue weighted by Crippen LogP contribution is -2.18. The maximum Gasteiger partial charge on any atom is 0.283 e. The molecule has 2 aromatic rings. The second-order valence-corrected chi connectivity index (χ2v) is 5.44. The number of ether oxygens (including phenoxy) is 3. The van der Waals surface area contributed by atoms with Crippen LogP contribution in [0.5, 0.6) is 23.3 Å². The highest BCUT2D eigenvalue weighted by molar-refractivity contribution is 5.45. The van der Waals surface area contributed by atoms with Crippen molar-refractivity contribution in [2.45, 2.75) is 19.4 Å². The fourth-order valence-corrected chi connectivity index (χ4v) is 2.72. The quantitative estimate of drug-likeness (QED) is 0.817. The number of hydrogen-bond acceptors (Lipinski definition) is 6. The van der Waals surface area contributed by atoms with Crippen LogP contribution < -0.4 is 14.2 Å². The van der Waals surface area contributed by atoms with Gasteiger partial charge >= 0.3 is 0 Å². The average molecular weight is 315 g/mol. The molecule has 0 radical (unpaired) electrons. The standard InChI is InChI=1S/C17H21N3O3/c1-21-14-6-5-13(12-20-9-3-4-10-20)11-15(14)23-17-16(22-2)18-7-8-19-17/h5-8,11H,3-4,9-10,12H2,1-2H3. The first kappa shape index (κ1) is 15.6. The number of likely N-dealkylation sites (tertiary alicyclic amines) is 1. The molecule has 3 rings (SSSR count). The fraction of sp³-hybridized carbons (Fsp3) is 0.412. The van der Waals surface area contributed by atoms with Crippen molar-refractivity contribution in [3.63, 3.8) is 0 Å². The van der Waals surface area contributed by atoms with E-state index in [1.54, 1.807) is 19.5 Å². The molecule has 1 aromatic heterocycles. The van der Waals surface area contributed by atoms with Gasteiger partial charge in [0.15, 0.2) is 11.5 Å². The average Bonchev–Trinajstić information content (AvgIpc) is 3.09. The molecule has 6 nitrogen and oxygen atoms in total. The monoisotopic (exact) mass is 315 g/mol. The minimum Gasteiger partial charge on any atom is -0.493 e. The summed E-state index contributed by atoms with van der Waals surface area (Å²) in [6.45, 7) is 3.22. The summed E-state index contributed by atoms with van der Waals surface area (Å²) >= 11 is 0. The Hall–Kier alpha value is -2.34. The molecule has 0 bridgehead atoms.